The van der Waals surface area contributed by atoms with Gasteiger partial charge in [-0.05, 0) is 66.8 Å². The van der Waals surface area contributed by atoms with E-state index in [-0.39, 0.29) is 11.9 Å². The van der Waals surface area contributed by atoms with E-state index in [4.69, 9.17) is 14.2 Å². The minimum atomic E-state index is -0.411. The molecular weight excluding hydrogens is 320 g/mol. The van der Waals surface area contributed by atoms with Gasteiger partial charge in [-0.3, -0.25) is 4.79 Å². The summed E-state index contributed by atoms with van der Waals surface area (Å²) in [7, 11) is 2.99. The van der Waals surface area contributed by atoms with Gasteiger partial charge in [0, 0.05) is 0 Å². The molecule has 0 heterocycles. The molecule has 1 aliphatic rings. The molecule has 0 spiro atoms. The van der Waals surface area contributed by atoms with Crippen molar-refractivity contribution in [3.05, 3.63) is 59.2 Å². The molecule has 0 fully saturated rings. The number of hydrogen-bond donors (Lipinski definition) is 0. The topological polar surface area (TPSA) is 61.8 Å². The van der Waals surface area contributed by atoms with E-state index >= 15 is 0 Å². The van der Waals surface area contributed by atoms with E-state index in [1.165, 1.54) is 7.11 Å². The molecule has 0 saturated heterocycles. The molecule has 0 saturated carbocycles. The highest BCUT2D eigenvalue weighted by Crippen LogP contribution is 2.29. The van der Waals surface area contributed by atoms with Crippen LogP contribution in [0, 0.1) is 5.92 Å². The third kappa shape index (κ3) is 3.82. The minimum Gasteiger partial charge on any atom is -0.497 e. The Kier molecular flexibility index (Phi) is 5.03. The molecule has 25 heavy (non-hydrogen) atoms. The number of hydrogen-bond acceptors (Lipinski definition) is 5. The Morgan fingerprint density at radius 3 is 2.36 bits per heavy atom. The van der Waals surface area contributed by atoms with Crippen molar-refractivity contribution in [2.45, 2.75) is 19.3 Å². The summed E-state index contributed by atoms with van der Waals surface area (Å²) in [5, 5.41) is 0. The Hall–Kier alpha value is -2.82. The van der Waals surface area contributed by atoms with Gasteiger partial charge in [0.1, 0.15) is 11.5 Å². The maximum Gasteiger partial charge on any atom is 0.343 e. The number of esters is 2. The summed E-state index contributed by atoms with van der Waals surface area (Å²) in [6, 6.07) is 12.3. The molecule has 0 radical (unpaired) electrons. The van der Waals surface area contributed by atoms with Crippen LogP contribution in [-0.4, -0.2) is 26.2 Å². The van der Waals surface area contributed by atoms with Crippen molar-refractivity contribution in [3.8, 4) is 11.5 Å². The fraction of sp³-hybridized carbons (Fsp3) is 0.300. The number of benzene rings is 2. The van der Waals surface area contributed by atoms with Gasteiger partial charge in [-0.25, -0.2) is 4.79 Å². The van der Waals surface area contributed by atoms with Crippen LogP contribution >= 0.6 is 0 Å². The van der Waals surface area contributed by atoms with Crippen LogP contribution in [0.4, 0.5) is 0 Å². The number of carbonyl (C=O) groups excluding carboxylic acids is 2. The van der Waals surface area contributed by atoms with E-state index in [1.54, 1.807) is 37.4 Å². The third-order valence-electron chi connectivity index (χ3n) is 4.48. The lowest BCUT2D eigenvalue weighted by atomic mass is 9.84. The molecular formula is C20H20O5. The number of rotatable bonds is 4. The highest BCUT2D eigenvalue weighted by molar-refractivity contribution is 5.91. The zero-order valence-electron chi connectivity index (χ0n) is 14.3. The molecule has 2 aromatic carbocycles. The van der Waals surface area contributed by atoms with Gasteiger partial charge >= 0.3 is 11.9 Å². The highest BCUT2D eigenvalue weighted by atomic mass is 16.5. The van der Waals surface area contributed by atoms with Gasteiger partial charge in [-0.15, -0.1) is 0 Å². The average Bonchev–Trinajstić information content (AvgIpc) is 2.67. The van der Waals surface area contributed by atoms with E-state index < -0.39 is 5.97 Å². The summed E-state index contributed by atoms with van der Waals surface area (Å²) in [5.41, 5.74) is 2.68. The Balaban J connectivity index is 1.70. The molecule has 130 valence electrons. The summed E-state index contributed by atoms with van der Waals surface area (Å²) in [4.78, 5) is 23.9. The number of carbonyl (C=O) groups is 2. The number of fused-ring (bicyclic) bond motifs is 1. The molecule has 5 nitrogen and oxygen atoms in total. The molecule has 2 aromatic rings. The van der Waals surface area contributed by atoms with Gasteiger partial charge in [0.15, 0.2) is 0 Å². The summed E-state index contributed by atoms with van der Waals surface area (Å²) < 4.78 is 15.4. The molecule has 5 heteroatoms. The summed E-state index contributed by atoms with van der Waals surface area (Å²) in [6.45, 7) is 0. The highest BCUT2D eigenvalue weighted by Gasteiger charge is 2.25. The Bertz CT molecular complexity index is 779. The minimum absolute atomic E-state index is 0.0924. The first kappa shape index (κ1) is 17.0. The van der Waals surface area contributed by atoms with E-state index in [1.807, 2.05) is 12.1 Å². The van der Waals surface area contributed by atoms with Gasteiger partial charge in [-0.1, -0.05) is 6.07 Å². The molecule has 0 aliphatic heterocycles. The molecule has 0 aromatic heterocycles. The van der Waals surface area contributed by atoms with Crippen LogP contribution in [0.2, 0.25) is 0 Å². The number of methoxy groups -OCH3 is 2. The van der Waals surface area contributed by atoms with E-state index in [2.05, 4.69) is 0 Å². The van der Waals surface area contributed by atoms with E-state index in [0.29, 0.717) is 23.5 Å². The van der Waals surface area contributed by atoms with Crippen molar-refractivity contribution in [1.82, 2.24) is 0 Å². The van der Waals surface area contributed by atoms with E-state index in [0.717, 1.165) is 24.0 Å². The maximum absolute atomic E-state index is 12.2. The van der Waals surface area contributed by atoms with Crippen molar-refractivity contribution >= 4 is 11.9 Å². The Labute approximate surface area is 146 Å². The van der Waals surface area contributed by atoms with Crippen LogP contribution in [0.3, 0.4) is 0 Å². The van der Waals surface area contributed by atoms with E-state index in [9.17, 15) is 9.59 Å². The molecule has 1 aliphatic carbocycles. The summed E-state index contributed by atoms with van der Waals surface area (Å²) in [6.07, 6.45) is 2.17. The largest absolute Gasteiger partial charge is 0.497 e. The molecule has 0 bridgehead atoms. The van der Waals surface area contributed by atoms with Crippen molar-refractivity contribution < 1.29 is 23.8 Å². The van der Waals surface area contributed by atoms with Crippen molar-refractivity contribution in [1.29, 1.82) is 0 Å². The van der Waals surface area contributed by atoms with Crippen LogP contribution in [0.1, 0.15) is 27.9 Å². The first-order valence-corrected chi connectivity index (χ1v) is 8.16. The van der Waals surface area contributed by atoms with Crippen LogP contribution in [0.15, 0.2) is 42.5 Å². The Morgan fingerprint density at radius 1 is 0.960 bits per heavy atom. The zero-order chi connectivity index (χ0) is 17.8. The van der Waals surface area contributed by atoms with Gasteiger partial charge in [0.25, 0.3) is 0 Å². The number of ether oxygens (including phenoxy) is 3. The second-order valence-electron chi connectivity index (χ2n) is 6.01. The first-order chi connectivity index (χ1) is 12.1. The lowest BCUT2D eigenvalue weighted by Gasteiger charge is -2.23. The van der Waals surface area contributed by atoms with Crippen molar-refractivity contribution in [2.75, 3.05) is 14.2 Å². The molecule has 1 unspecified atom stereocenters. The lowest BCUT2D eigenvalue weighted by molar-refractivity contribution is -0.145. The van der Waals surface area contributed by atoms with Crippen LogP contribution in [0.25, 0.3) is 0 Å². The SMILES string of the molecule is COC(=O)C1CCc2cc(OC(=O)c3ccc(OC)cc3)ccc2C1. The van der Waals surface area contributed by atoms with Crippen LogP contribution < -0.4 is 9.47 Å². The predicted octanol–water partition coefficient (Wildman–Crippen LogP) is 3.19. The smallest absolute Gasteiger partial charge is 0.343 e. The van der Waals surface area contributed by atoms with Crippen LogP contribution in [-0.2, 0) is 22.4 Å². The standard InChI is InChI=1S/C20H20O5/c1-23-17-8-5-13(6-9-17)20(22)25-18-10-7-14-11-16(19(21)24-2)4-3-15(14)12-18/h5-10,12,16H,3-4,11H2,1-2H3. The summed E-state index contributed by atoms with van der Waals surface area (Å²) in [5.74, 6) is 0.526. The van der Waals surface area contributed by atoms with Crippen molar-refractivity contribution in [2.24, 2.45) is 5.92 Å². The maximum atomic E-state index is 12.2. The fourth-order valence-corrected chi connectivity index (χ4v) is 3.06. The average molecular weight is 340 g/mol. The van der Waals surface area contributed by atoms with Crippen molar-refractivity contribution in [3.63, 3.8) is 0 Å². The molecule has 0 amide bonds. The normalized spacial score (nSPS) is 15.8. The fourth-order valence-electron chi connectivity index (χ4n) is 3.06. The monoisotopic (exact) mass is 340 g/mol. The van der Waals surface area contributed by atoms with Gasteiger partial charge in [-0.2, -0.15) is 0 Å². The van der Waals surface area contributed by atoms with Gasteiger partial charge < -0.3 is 14.2 Å². The second kappa shape index (κ2) is 7.38. The molecule has 1 atom stereocenters. The quantitative estimate of drug-likeness (QED) is 0.632. The Morgan fingerprint density at radius 2 is 1.68 bits per heavy atom. The predicted molar refractivity (Wildman–Crippen MR) is 91.9 cm³/mol. The first-order valence-electron chi connectivity index (χ1n) is 8.16. The third-order valence-corrected chi connectivity index (χ3v) is 4.48. The second-order valence-corrected chi connectivity index (χ2v) is 6.01. The molecule has 0 N–H and O–H groups in total. The lowest BCUT2D eigenvalue weighted by Crippen LogP contribution is -2.23. The zero-order valence-corrected chi connectivity index (χ0v) is 14.3. The molecule has 3 rings (SSSR count). The van der Waals surface area contributed by atoms with Crippen LogP contribution in [0.5, 0.6) is 11.5 Å². The van der Waals surface area contributed by atoms with Gasteiger partial charge in [0.2, 0.25) is 0 Å². The van der Waals surface area contributed by atoms with Gasteiger partial charge in [0.05, 0.1) is 25.7 Å². The number of aryl methyl sites for hydroxylation is 1. The summed E-state index contributed by atoms with van der Waals surface area (Å²) >= 11 is 0.